The van der Waals surface area contributed by atoms with Crippen LogP contribution >= 0.6 is 0 Å². The topological polar surface area (TPSA) is 21.3 Å². The first-order valence-corrected chi connectivity index (χ1v) is 4.87. The molecule has 0 bridgehead atoms. The number of likely N-dealkylation sites (N-methyl/N-ethyl adjacent to an activating group) is 1. The Morgan fingerprint density at radius 1 is 1.31 bits per heavy atom. The van der Waals surface area contributed by atoms with E-state index in [9.17, 15) is 13.2 Å². The summed E-state index contributed by atoms with van der Waals surface area (Å²) < 4.78 is 42.6. The summed E-state index contributed by atoms with van der Waals surface area (Å²) >= 11 is 0. The van der Waals surface area contributed by atoms with Gasteiger partial charge in [-0.3, -0.25) is 0 Å². The van der Waals surface area contributed by atoms with Crippen LogP contribution in [0.25, 0.3) is 0 Å². The molecule has 0 aliphatic rings. The molecule has 0 aliphatic carbocycles. The minimum atomic E-state index is -4.37. The van der Waals surface area contributed by atoms with Gasteiger partial charge >= 0.3 is 6.18 Å². The van der Waals surface area contributed by atoms with Crippen LogP contribution in [0.4, 0.5) is 13.2 Å². The first-order valence-electron chi connectivity index (χ1n) is 4.87. The fraction of sp³-hybridized carbons (Fsp3) is 0.455. The van der Waals surface area contributed by atoms with Crippen LogP contribution in [0.15, 0.2) is 18.2 Å². The van der Waals surface area contributed by atoms with E-state index in [1.54, 1.807) is 13.1 Å². The molecule has 1 aromatic carbocycles. The Bertz CT molecular complexity index is 350. The van der Waals surface area contributed by atoms with E-state index in [1.807, 2.05) is 0 Å². The minimum Gasteiger partial charge on any atom is -0.496 e. The Morgan fingerprint density at radius 2 is 2.00 bits per heavy atom. The molecule has 1 rings (SSSR count). The standard InChI is InChI=1S/C11H14F3NO/c1-15-6-5-8-3-4-10(16-2)9(7-8)11(12,13)14/h3-4,7,15H,5-6H2,1-2H3. The highest BCUT2D eigenvalue weighted by Gasteiger charge is 2.34. The van der Waals surface area contributed by atoms with E-state index >= 15 is 0 Å². The van der Waals surface area contributed by atoms with Gasteiger partial charge in [-0.15, -0.1) is 0 Å². The van der Waals surface area contributed by atoms with Crippen LogP contribution in [0.2, 0.25) is 0 Å². The van der Waals surface area contributed by atoms with Crippen LogP contribution in [0.1, 0.15) is 11.1 Å². The second-order valence-corrected chi connectivity index (χ2v) is 3.39. The monoisotopic (exact) mass is 233 g/mol. The van der Waals surface area contributed by atoms with Crippen LogP contribution in [0, 0.1) is 0 Å². The molecule has 0 saturated heterocycles. The molecule has 1 aromatic rings. The van der Waals surface area contributed by atoms with Gasteiger partial charge in [-0.1, -0.05) is 6.07 Å². The van der Waals surface area contributed by atoms with Gasteiger partial charge in [-0.05, 0) is 37.7 Å². The summed E-state index contributed by atoms with van der Waals surface area (Å²) in [6.45, 7) is 0.642. The second kappa shape index (κ2) is 5.21. The lowest BCUT2D eigenvalue weighted by atomic mass is 10.1. The van der Waals surface area contributed by atoms with Crippen LogP contribution < -0.4 is 10.1 Å². The molecule has 0 aromatic heterocycles. The van der Waals surface area contributed by atoms with E-state index < -0.39 is 11.7 Å². The van der Waals surface area contributed by atoms with Gasteiger partial charge < -0.3 is 10.1 Å². The van der Waals surface area contributed by atoms with Crippen molar-refractivity contribution < 1.29 is 17.9 Å². The number of alkyl halides is 3. The lowest BCUT2D eigenvalue weighted by Gasteiger charge is -2.13. The van der Waals surface area contributed by atoms with Crippen molar-refractivity contribution in [1.29, 1.82) is 0 Å². The molecule has 1 N–H and O–H groups in total. The normalized spacial score (nSPS) is 11.6. The molecular weight excluding hydrogens is 219 g/mol. The average Bonchev–Trinajstić information content (AvgIpc) is 2.24. The van der Waals surface area contributed by atoms with Crippen LogP contribution in [0.5, 0.6) is 5.75 Å². The Morgan fingerprint density at radius 3 is 2.50 bits per heavy atom. The van der Waals surface area contributed by atoms with Crippen molar-refractivity contribution in [3.8, 4) is 5.75 Å². The van der Waals surface area contributed by atoms with Gasteiger partial charge in [0.1, 0.15) is 5.75 Å². The SMILES string of the molecule is CNCCc1ccc(OC)c(C(F)(F)F)c1. The first-order chi connectivity index (χ1) is 7.49. The Balaban J connectivity index is 3.02. The predicted octanol–water partition coefficient (Wildman–Crippen LogP) is 2.48. The van der Waals surface area contributed by atoms with Crippen LogP contribution in [-0.4, -0.2) is 20.7 Å². The summed E-state index contributed by atoms with van der Waals surface area (Å²) in [4.78, 5) is 0. The first kappa shape index (κ1) is 12.8. The van der Waals surface area contributed by atoms with Crippen molar-refractivity contribution in [1.82, 2.24) is 5.32 Å². The largest absolute Gasteiger partial charge is 0.496 e. The summed E-state index contributed by atoms with van der Waals surface area (Å²) in [6, 6.07) is 4.13. The molecule has 0 heterocycles. The Labute approximate surface area is 92.4 Å². The maximum Gasteiger partial charge on any atom is 0.419 e. The van der Waals surface area contributed by atoms with E-state index in [0.717, 1.165) is 6.07 Å². The summed E-state index contributed by atoms with van der Waals surface area (Å²) in [6.07, 6.45) is -3.81. The summed E-state index contributed by atoms with van der Waals surface area (Å²) in [5, 5.41) is 2.89. The number of hydrogen-bond acceptors (Lipinski definition) is 2. The predicted molar refractivity (Wildman–Crippen MR) is 55.6 cm³/mol. The summed E-state index contributed by atoms with van der Waals surface area (Å²) in [5.41, 5.74) is -0.0777. The van der Waals surface area contributed by atoms with E-state index in [0.29, 0.717) is 18.5 Å². The molecule has 0 spiro atoms. The molecule has 0 atom stereocenters. The zero-order valence-corrected chi connectivity index (χ0v) is 9.19. The van der Waals surface area contributed by atoms with Crippen LogP contribution in [-0.2, 0) is 12.6 Å². The third-order valence-electron chi connectivity index (χ3n) is 2.23. The molecule has 0 fully saturated rings. The highest BCUT2D eigenvalue weighted by molar-refractivity contribution is 5.39. The molecule has 16 heavy (non-hydrogen) atoms. The summed E-state index contributed by atoms with van der Waals surface area (Å²) in [5.74, 6) is -0.138. The van der Waals surface area contributed by atoms with Crippen molar-refractivity contribution in [3.05, 3.63) is 29.3 Å². The van der Waals surface area contributed by atoms with Crippen molar-refractivity contribution >= 4 is 0 Å². The highest BCUT2D eigenvalue weighted by atomic mass is 19.4. The fourth-order valence-electron chi connectivity index (χ4n) is 1.40. The molecular formula is C11H14F3NO. The average molecular weight is 233 g/mol. The van der Waals surface area contributed by atoms with Crippen molar-refractivity contribution in [3.63, 3.8) is 0 Å². The Hall–Kier alpha value is -1.23. The number of ether oxygens (including phenoxy) is 1. The zero-order chi connectivity index (χ0) is 12.2. The van der Waals surface area contributed by atoms with Gasteiger partial charge in [0.05, 0.1) is 12.7 Å². The molecule has 0 unspecified atom stereocenters. The number of halogens is 3. The van der Waals surface area contributed by atoms with Gasteiger partial charge in [-0.2, -0.15) is 13.2 Å². The number of benzene rings is 1. The van der Waals surface area contributed by atoms with E-state index in [-0.39, 0.29) is 5.75 Å². The number of rotatable bonds is 4. The maximum atomic E-state index is 12.6. The van der Waals surface area contributed by atoms with Gasteiger partial charge in [0, 0.05) is 0 Å². The fourth-order valence-corrected chi connectivity index (χ4v) is 1.40. The molecule has 0 saturated carbocycles. The quantitative estimate of drug-likeness (QED) is 0.862. The van der Waals surface area contributed by atoms with Crippen molar-refractivity contribution in [2.45, 2.75) is 12.6 Å². The second-order valence-electron chi connectivity index (χ2n) is 3.39. The van der Waals surface area contributed by atoms with Gasteiger partial charge in [0.25, 0.3) is 0 Å². The van der Waals surface area contributed by atoms with Gasteiger partial charge in [0.2, 0.25) is 0 Å². The zero-order valence-electron chi connectivity index (χ0n) is 9.19. The Kier molecular flexibility index (Phi) is 4.18. The minimum absolute atomic E-state index is 0.138. The number of nitrogens with one attached hydrogen (secondary N) is 1. The highest BCUT2D eigenvalue weighted by Crippen LogP contribution is 2.36. The molecule has 90 valence electrons. The third kappa shape index (κ3) is 3.13. The lowest BCUT2D eigenvalue weighted by molar-refractivity contribution is -0.138. The third-order valence-corrected chi connectivity index (χ3v) is 2.23. The van der Waals surface area contributed by atoms with Crippen molar-refractivity contribution in [2.24, 2.45) is 0 Å². The molecule has 2 nitrogen and oxygen atoms in total. The van der Waals surface area contributed by atoms with E-state index in [4.69, 9.17) is 4.74 Å². The van der Waals surface area contributed by atoms with Crippen molar-refractivity contribution in [2.75, 3.05) is 20.7 Å². The lowest BCUT2D eigenvalue weighted by Crippen LogP contribution is -2.12. The smallest absolute Gasteiger partial charge is 0.419 e. The maximum absolute atomic E-state index is 12.6. The summed E-state index contributed by atoms with van der Waals surface area (Å²) in [7, 11) is 2.99. The van der Waals surface area contributed by atoms with E-state index in [2.05, 4.69) is 5.32 Å². The van der Waals surface area contributed by atoms with E-state index in [1.165, 1.54) is 13.2 Å². The van der Waals surface area contributed by atoms with Gasteiger partial charge in [-0.25, -0.2) is 0 Å². The number of hydrogen-bond donors (Lipinski definition) is 1. The number of methoxy groups -OCH3 is 1. The molecule has 0 amide bonds. The van der Waals surface area contributed by atoms with Gasteiger partial charge in [0.15, 0.2) is 0 Å². The molecule has 0 radical (unpaired) electrons. The van der Waals surface area contributed by atoms with Crippen LogP contribution in [0.3, 0.4) is 0 Å². The molecule has 0 aliphatic heterocycles. The molecule has 5 heteroatoms.